The topological polar surface area (TPSA) is 12.9 Å². The van der Waals surface area contributed by atoms with Gasteiger partial charge in [-0.05, 0) is 6.07 Å². The van der Waals surface area contributed by atoms with E-state index in [0.717, 1.165) is 0 Å². The van der Waals surface area contributed by atoms with Gasteiger partial charge in [-0.25, -0.2) is 8.78 Å². The van der Waals surface area contributed by atoms with E-state index in [4.69, 9.17) is 11.6 Å². The lowest BCUT2D eigenvalue weighted by Crippen LogP contribution is -2.11. The Kier molecular flexibility index (Phi) is 3.49. The van der Waals surface area contributed by atoms with Gasteiger partial charge < -0.3 is 0 Å². The predicted octanol–water partition coefficient (Wildman–Crippen LogP) is 3.78. The molecule has 1 aromatic heterocycles. The van der Waals surface area contributed by atoms with Crippen LogP contribution in [0.15, 0.2) is 12.3 Å². The van der Waals surface area contributed by atoms with Crippen molar-refractivity contribution >= 4 is 11.6 Å². The van der Waals surface area contributed by atoms with Crippen LogP contribution >= 0.6 is 11.6 Å². The average Bonchev–Trinajstić information content (AvgIpc) is 2.15. The van der Waals surface area contributed by atoms with Crippen LogP contribution in [0, 0.1) is 0 Å². The molecule has 1 heterocycles. The highest BCUT2D eigenvalue weighted by molar-refractivity contribution is 6.16. The maximum absolute atomic E-state index is 12.3. The van der Waals surface area contributed by atoms with E-state index in [0.29, 0.717) is 12.3 Å². The van der Waals surface area contributed by atoms with Crippen LogP contribution in [0.2, 0.25) is 0 Å². The van der Waals surface area contributed by atoms with Crippen LogP contribution in [0.4, 0.5) is 22.0 Å². The Morgan fingerprint density at radius 1 is 1.33 bits per heavy atom. The SMILES string of the molecule is FC(F)c1cc(CCl)ncc1C(F)(F)F. The molecular formula is C8H5ClF5N. The summed E-state index contributed by atoms with van der Waals surface area (Å²) in [7, 11) is 0. The van der Waals surface area contributed by atoms with Crippen molar-refractivity contribution in [2.45, 2.75) is 18.5 Å². The molecule has 1 nitrogen and oxygen atoms in total. The van der Waals surface area contributed by atoms with E-state index in [9.17, 15) is 22.0 Å². The van der Waals surface area contributed by atoms with E-state index in [-0.39, 0.29) is 11.6 Å². The number of halogens is 6. The molecule has 0 aliphatic rings. The van der Waals surface area contributed by atoms with E-state index in [2.05, 4.69) is 4.98 Å². The second kappa shape index (κ2) is 4.30. The fourth-order valence-electron chi connectivity index (χ4n) is 1.01. The van der Waals surface area contributed by atoms with Crippen molar-refractivity contribution in [3.05, 3.63) is 29.1 Å². The van der Waals surface area contributed by atoms with Crippen LogP contribution in [0.1, 0.15) is 23.2 Å². The molecule has 0 radical (unpaired) electrons. The summed E-state index contributed by atoms with van der Waals surface area (Å²) < 4.78 is 61.3. The van der Waals surface area contributed by atoms with E-state index in [1.807, 2.05) is 0 Å². The summed E-state index contributed by atoms with van der Waals surface area (Å²) in [6.07, 6.45) is -7.66. The Balaban J connectivity index is 3.28. The Bertz CT molecular complexity index is 349. The Hall–Kier alpha value is -0.910. The van der Waals surface area contributed by atoms with Gasteiger partial charge in [-0.3, -0.25) is 4.98 Å². The average molecular weight is 246 g/mol. The number of alkyl halides is 6. The van der Waals surface area contributed by atoms with Crippen LogP contribution < -0.4 is 0 Å². The maximum Gasteiger partial charge on any atom is 0.418 e. The molecule has 0 saturated carbocycles. The smallest absolute Gasteiger partial charge is 0.259 e. The highest BCUT2D eigenvalue weighted by atomic mass is 35.5. The molecule has 0 fully saturated rings. The summed E-state index contributed by atoms with van der Waals surface area (Å²) in [5.41, 5.74) is -2.53. The van der Waals surface area contributed by atoms with Gasteiger partial charge in [0.25, 0.3) is 6.43 Å². The fourth-order valence-corrected chi connectivity index (χ4v) is 1.15. The van der Waals surface area contributed by atoms with Gasteiger partial charge in [-0.15, -0.1) is 11.6 Å². The first-order valence-corrected chi connectivity index (χ1v) is 4.30. The summed E-state index contributed by atoms with van der Waals surface area (Å²) in [5, 5.41) is 0. The third-order valence-corrected chi connectivity index (χ3v) is 1.94. The molecule has 0 saturated heterocycles. The molecule has 0 amide bonds. The molecule has 1 rings (SSSR count). The van der Waals surface area contributed by atoms with Crippen molar-refractivity contribution in [2.24, 2.45) is 0 Å². The maximum atomic E-state index is 12.3. The number of nitrogens with zero attached hydrogens (tertiary/aromatic N) is 1. The van der Waals surface area contributed by atoms with Gasteiger partial charge in [0.05, 0.1) is 17.1 Å². The van der Waals surface area contributed by atoms with E-state index in [1.54, 1.807) is 0 Å². The Morgan fingerprint density at radius 2 is 1.93 bits per heavy atom. The van der Waals surface area contributed by atoms with E-state index >= 15 is 0 Å². The molecule has 0 spiro atoms. The summed E-state index contributed by atoms with van der Waals surface area (Å²) in [5.74, 6) is -0.210. The van der Waals surface area contributed by atoms with Gasteiger partial charge in [0.1, 0.15) is 0 Å². The molecule has 0 N–H and O–H groups in total. The van der Waals surface area contributed by atoms with Crippen LogP contribution in [0.5, 0.6) is 0 Å². The number of rotatable bonds is 2. The summed E-state index contributed by atoms with van der Waals surface area (Å²) in [6, 6.07) is 0.667. The lowest BCUT2D eigenvalue weighted by molar-refractivity contribution is -0.139. The van der Waals surface area contributed by atoms with Crippen LogP contribution in [0.25, 0.3) is 0 Å². The number of aromatic nitrogens is 1. The van der Waals surface area contributed by atoms with Crippen LogP contribution in [-0.4, -0.2) is 4.98 Å². The third kappa shape index (κ3) is 2.77. The van der Waals surface area contributed by atoms with Gasteiger partial charge in [-0.1, -0.05) is 0 Å². The molecule has 84 valence electrons. The summed E-state index contributed by atoms with van der Waals surface area (Å²) in [4.78, 5) is 3.32. The third-order valence-electron chi connectivity index (χ3n) is 1.67. The monoisotopic (exact) mass is 245 g/mol. The largest absolute Gasteiger partial charge is 0.418 e. The van der Waals surface area contributed by atoms with Crippen molar-refractivity contribution in [1.29, 1.82) is 0 Å². The quantitative estimate of drug-likeness (QED) is 0.571. The first-order chi connectivity index (χ1) is 6.86. The standard InChI is InChI=1S/C8H5ClF5N/c9-2-4-1-5(7(10)11)6(3-15-4)8(12,13)14/h1,3,7H,2H2. The molecule has 0 atom stereocenters. The first-order valence-electron chi connectivity index (χ1n) is 3.76. The molecule has 15 heavy (non-hydrogen) atoms. The summed E-state index contributed by atoms with van der Waals surface area (Å²) in [6.45, 7) is 0. The number of pyridine rings is 1. The molecule has 0 aliphatic carbocycles. The van der Waals surface area contributed by atoms with E-state index in [1.165, 1.54) is 0 Å². The molecule has 0 bridgehead atoms. The minimum atomic E-state index is -4.83. The number of hydrogen-bond donors (Lipinski definition) is 0. The zero-order valence-corrected chi connectivity index (χ0v) is 7.91. The van der Waals surface area contributed by atoms with Crippen molar-refractivity contribution in [2.75, 3.05) is 0 Å². The minimum Gasteiger partial charge on any atom is -0.259 e. The predicted molar refractivity (Wildman–Crippen MR) is 43.8 cm³/mol. The lowest BCUT2D eigenvalue weighted by atomic mass is 10.1. The van der Waals surface area contributed by atoms with Crippen LogP contribution in [-0.2, 0) is 12.1 Å². The zero-order valence-electron chi connectivity index (χ0n) is 7.15. The van der Waals surface area contributed by atoms with Gasteiger partial charge in [0.15, 0.2) is 0 Å². The van der Waals surface area contributed by atoms with Gasteiger partial charge in [0.2, 0.25) is 0 Å². The second-order valence-corrected chi connectivity index (χ2v) is 2.96. The van der Waals surface area contributed by atoms with Gasteiger partial charge in [0, 0.05) is 11.8 Å². The van der Waals surface area contributed by atoms with Crippen molar-refractivity contribution in [3.8, 4) is 0 Å². The second-order valence-electron chi connectivity index (χ2n) is 2.69. The molecule has 0 aromatic carbocycles. The molecule has 7 heteroatoms. The van der Waals surface area contributed by atoms with Crippen molar-refractivity contribution < 1.29 is 22.0 Å². The number of hydrogen-bond acceptors (Lipinski definition) is 1. The van der Waals surface area contributed by atoms with E-state index < -0.39 is 23.7 Å². The van der Waals surface area contributed by atoms with Gasteiger partial charge in [-0.2, -0.15) is 13.2 Å². The first kappa shape index (κ1) is 12.2. The molecular weight excluding hydrogens is 241 g/mol. The lowest BCUT2D eigenvalue weighted by Gasteiger charge is -2.12. The summed E-state index contributed by atoms with van der Waals surface area (Å²) >= 11 is 5.28. The zero-order chi connectivity index (χ0) is 11.6. The molecule has 0 aliphatic heterocycles. The fraction of sp³-hybridized carbons (Fsp3) is 0.375. The minimum absolute atomic E-state index is 0.0139. The van der Waals surface area contributed by atoms with Crippen molar-refractivity contribution in [1.82, 2.24) is 4.98 Å². The molecule has 0 unspecified atom stereocenters. The van der Waals surface area contributed by atoms with Crippen molar-refractivity contribution in [3.63, 3.8) is 0 Å². The highest BCUT2D eigenvalue weighted by Crippen LogP contribution is 2.36. The van der Waals surface area contributed by atoms with Gasteiger partial charge >= 0.3 is 6.18 Å². The highest BCUT2D eigenvalue weighted by Gasteiger charge is 2.36. The van der Waals surface area contributed by atoms with Crippen LogP contribution in [0.3, 0.4) is 0 Å². The normalized spacial score (nSPS) is 12.2. The molecule has 1 aromatic rings. The Morgan fingerprint density at radius 3 is 2.33 bits per heavy atom. The Labute approximate surface area is 86.9 Å².